The van der Waals surface area contributed by atoms with Crippen molar-refractivity contribution in [3.05, 3.63) is 72.2 Å². The molecule has 2 aromatic carbocycles. The molecular formula is C25H29N5O2. The first-order valence-corrected chi connectivity index (χ1v) is 11.2. The highest BCUT2D eigenvalue weighted by Gasteiger charge is 2.28. The number of anilines is 1. The van der Waals surface area contributed by atoms with Crippen molar-refractivity contribution < 1.29 is 9.59 Å². The third-order valence-electron chi connectivity index (χ3n) is 5.70. The molecule has 1 atom stereocenters. The Morgan fingerprint density at radius 1 is 1.12 bits per heavy atom. The molecule has 0 unspecified atom stereocenters. The largest absolute Gasteiger partial charge is 0.352 e. The van der Waals surface area contributed by atoms with Crippen LogP contribution in [0.25, 0.3) is 11.3 Å². The zero-order valence-corrected chi connectivity index (χ0v) is 18.3. The van der Waals surface area contributed by atoms with E-state index in [-0.39, 0.29) is 24.4 Å². The van der Waals surface area contributed by atoms with Gasteiger partial charge in [-0.2, -0.15) is 0 Å². The predicted molar refractivity (Wildman–Crippen MR) is 125 cm³/mol. The number of carbonyl (C=O) groups is 2. The molecule has 7 heteroatoms. The lowest BCUT2D eigenvalue weighted by Gasteiger charge is -2.33. The molecule has 0 saturated carbocycles. The van der Waals surface area contributed by atoms with Crippen LogP contribution in [0.15, 0.2) is 60.8 Å². The molecule has 1 aromatic heterocycles. The summed E-state index contributed by atoms with van der Waals surface area (Å²) in [5, 5.41) is 5.71. The standard InChI is InChI=1S/C25H29N5O2/c1-2-26-25(32)19-11-8-12-20(15-19)28-23(31)17-30-14-7-6-13-22(30)24-27-16-21(29-24)18-9-4-3-5-10-18/h3-5,8-12,15-16,22H,2,6-7,13-14,17H2,1H3,(H,26,32)(H,27,29)(H,28,31)/t22-/m1/s1. The number of rotatable bonds is 7. The van der Waals surface area contributed by atoms with Crippen molar-refractivity contribution in [1.82, 2.24) is 20.2 Å². The second-order valence-electron chi connectivity index (χ2n) is 8.02. The first-order chi connectivity index (χ1) is 15.6. The maximum Gasteiger partial charge on any atom is 0.251 e. The molecule has 32 heavy (non-hydrogen) atoms. The Kier molecular flexibility index (Phi) is 6.97. The summed E-state index contributed by atoms with van der Waals surface area (Å²) in [7, 11) is 0. The van der Waals surface area contributed by atoms with Crippen LogP contribution in [0.4, 0.5) is 5.69 Å². The lowest BCUT2D eigenvalue weighted by atomic mass is 10.0. The molecule has 3 N–H and O–H groups in total. The third kappa shape index (κ3) is 5.23. The van der Waals surface area contributed by atoms with Crippen LogP contribution in [0.5, 0.6) is 0 Å². The maximum absolute atomic E-state index is 12.8. The molecule has 4 rings (SSSR count). The Morgan fingerprint density at radius 2 is 1.97 bits per heavy atom. The summed E-state index contributed by atoms with van der Waals surface area (Å²) >= 11 is 0. The lowest BCUT2D eigenvalue weighted by Crippen LogP contribution is -2.39. The fourth-order valence-corrected chi connectivity index (χ4v) is 4.15. The molecule has 1 fully saturated rings. The van der Waals surface area contributed by atoms with E-state index < -0.39 is 0 Å². The van der Waals surface area contributed by atoms with Crippen LogP contribution >= 0.6 is 0 Å². The summed E-state index contributed by atoms with van der Waals surface area (Å²) in [5.74, 6) is 0.654. The predicted octanol–water partition coefficient (Wildman–Crippen LogP) is 3.99. The molecule has 0 bridgehead atoms. The van der Waals surface area contributed by atoms with Gasteiger partial charge in [0.2, 0.25) is 5.91 Å². The highest BCUT2D eigenvalue weighted by Crippen LogP contribution is 2.30. The van der Waals surface area contributed by atoms with Crippen molar-refractivity contribution in [1.29, 1.82) is 0 Å². The number of hydrogen-bond donors (Lipinski definition) is 3. The minimum absolute atomic E-state index is 0.0774. The molecule has 2 amide bonds. The summed E-state index contributed by atoms with van der Waals surface area (Å²) in [4.78, 5) is 35.1. The molecule has 1 saturated heterocycles. The molecule has 1 aliphatic rings. The Labute approximate surface area is 188 Å². The van der Waals surface area contributed by atoms with Gasteiger partial charge in [-0.3, -0.25) is 14.5 Å². The summed E-state index contributed by atoms with van der Waals surface area (Å²) in [5.41, 5.74) is 3.23. The fraction of sp³-hybridized carbons (Fsp3) is 0.320. The van der Waals surface area contributed by atoms with Gasteiger partial charge in [0.15, 0.2) is 0 Å². The zero-order valence-electron chi connectivity index (χ0n) is 18.3. The smallest absolute Gasteiger partial charge is 0.251 e. The number of aromatic nitrogens is 2. The van der Waals surface area contributed by atoms with E-state index in [9.17, 15) is 9.59 Å². The monoisotopic (exact) mass is 431 g/mol. The Balaban J connectivity index is 1.43. The molecule has 166 valence electrons. The zero-order chi connectivity index (χ0) is 22.3. The van der Waals surface area contributed by atoms with Gasteiger partial charge in [-0.05, 0) is 50.1 Å². The van der Waals surface area contributed by atoms with E-state index in [1.807, 2.05) is 31.3 Å². The van der Waals surface area contributed by atoms with E-state index in [0.29, 0.717) is 17.8 Å². The normalized spacial score (nSPS) is 16.5. The Morgan fingerprint density at radius 3 is 2.78 bits per heavy atom. The number of imidazole rings is 1. The van der Waals surface area contributed by atoms with Gasteiger partial charge in [0.25, 0.3) is 5.91 Å². The number of H-pyrrole nitrogens is 1. The molecule has 3 aromatic rings. The van der Waals surface area contributed by atoms with Crippen molar-refractivity contribution in [2.45, 2.75) is 32.2 Å². The maximum atomic E-state index is 12.8. The van der Waals surface area contributed by atoms with Crippen LogP contribution in [0.3, 0.4) is 0 Å². The van der Waals surface area contributed by atoms with Gasteiger partial charge in [-0.1, -0.05) is 42.8 Å². The molecule has 0 radical (unpaired) electrons. The van der Waals surface area contributed by atoms with Gasteiger partial charge in [0, 0.05) is 17.8 Å². The number of carbonyl (C=O) groups excluding carboxylic acids is 2. The first-order valence-electron chi connectivity index (χ1n) is 11.2. The molecular weight excluding hydrogens is 402 g/mol. The lowest BCUT2D eigenvalue weighted by molar-refractivity contribution is -0.118. The minimum atomic E-state index is -0.147. The number of nitrogens with one attached hydrogen (secondary N) is 3. The Hall–Kier alpha value is -3.45. The van der Waals surface area contributed by atoms with E-state index in [0.717, 1.165) is 42.9 Å². The van der Waals surface area contributed by atoms with Gasteiger partial charge in [-0.25, -0.2) is 4.98 Å². The highest BCUT2D eigenvalue weighted by molar-refractivity contribution is 5.97. The van der Waals surface area contributed by atoms with Crippen LogP contribution < -0.4 is 10.6 Å². The molecule has 7 nitrogen and oxygen atoms in total. The van der Waals surface area contributed by atoms with Crippen LogP contribution in [0.1, 0.15) is 48.4 Å². The summed E-state index contributed by atoms with van der Waals surface area (Å²) in [6, 6.07) is 17.2. The molecule has 1 aliphatic heterocycles. The van der Waals surface area contributed by atoms with Gasteiger partial charge >= 0.3 is 0 Å². The highest BCUT2D eigenvalue weighted by atomic mass is 16.2. The van der Waals surface area contributed by atoms with Crippen LogP contribution in [-0.4, -0.2) is 46.3 Å². The molecule has 2 heterocycles. The van der Waals surface area contributed by atoms with Crippen molar-refractivity contribution >= 4 is 17.5 Å². The van der Waals surface area contributed by atoms with E-state index >= 15 is 0 Å². The summed E-state index contributed by atoms with van der Waals surface area (Å²) < 4.78 is 0. The topological polar surface area (TPSA) is 90.1 Å². The second kappa shape index (κ2) is 10.2. The van der Waals surface area contributed by atoms with Crippen molar-refractivity contribution in [3.63, 3.8) is 0 Å². The van der Waals surface area contributed by atoms with E-state index in [1.54, 1.807) is 24.3 Å². The number of aromatic amines is 1. The SMILES string of the molecule is CCNC(=O)c1cccc(NC(=O)CN2CCCC[C@@H]2c2ncc(-c3ccccc3)[nH]2)c1. The number of benzene rings is 2. The summed E-state index contributed by atoms with van der Waals surface area (Å²) in [6.07, 6.45) is 4.99. The number of likely N-dealkylation sites (tertiary alicyclic amines) is 1. The molecule has 0 aliphatic carbocycles. The van der Waals surface area contributed by atoms with Crippen LogP contribution in [-0.2, 0) is 4.79 Å². The van der Waals surface area contributed by atoms with Crippen molar-refractivity contribution in [2.75, 3.05) is 25.0 Å². The first kappa shape index (κ1) is 21.8. The second-order valence-corrected chi connectivity index (χ2v) is 8.02. The van der Waals surface area contributed by atoms with Crippen LogP contribution in [0, 0.1) is 0 Å². The number of amides is 2. The minimum Gasteiger partial charge on any atom is -0.352 e. The van der Waals surface area contributed by atoms with Crippen molar-refractivity contribution in [2.24, 2.45) is 0 Å². The van der Waals surface area contributed by atoms with E-state index in [1.165, 1.54) is 0 Å². The summed E-state index contributed by atoms with van der Waals surface area (Å²) in [6.45, 7) is 3.56. The van der Waals surface area contributed by atoms with Crippen molar-refractivity contribution in [3.8, 4) is 11.3 Å². The Bertz CT molecular complexity index is 1060. The number of hydrogen-bond acceptors (Lipinski definition) is 4. The molecule has 0 spiro atoms. The van der Waals surface area contributed by atoms with Gasteiger partial charge < -0.3 is 15.6 Å². The van der Waals surface area contributed by atoms with E-state index in [4.69, 9.17) is 0 Å². The van der Waals surface area contributed by atoms with Gasteiger partial charge in [-0.15, -0.1) is 0 Å². The van der Waals surface area contributed by atoms with Gasteiger partial charge in [0.1, 0.15) is 5.82 Å². The third-order valence-corrected chi connectivity index (χ3v) is 5.70. The van der Waals surface area contributed by atoms with Crippen LogP contribution in [0.2, 0.25) is 0 Å². The average molecular weight is 432 g/mol. The fourth-order valence-electron chi connectivity index (χ4n) is 4.15. The van der Waals surface area contributed by atoms with Gasteiger partial charge in [0.05, 0.1) is 24.5 Å². The van der Waals surface area contributed by atoms with E-state index in [2.05, 4.69) is 37.6 Å². The number of piperidine rings is 1. The quantitative estimate of drug-likeness (QED) is 0.528. The number of nitrogens with zero attached hydrogens (tertiary/aromatic N) is 2. The average Bonchev–Trinajstić information content (AvgIpc) is 3.30.